The van der Waals surface area contributed by atoms with Crippen molar-refractivity contribution in [2.24, 2.45) is 0 Å². The summed E-state index contributed by atoms with van der Waals surface area (Å²) >= 11 is 1.48. The number of rotatable bonds is 7. The van der Waals surface area contributed by atoms with Crippen molar-refractivity contribution in [3.8, 4) is 0 Å². The first-order chi connectivity index (χ1) is 15.9. The predicted octanol–water partition coefficient (Wildman–Crippen LogP) is 5.23. The zero-order valence-corrected chi connectivity index (χ0v) is 19.3. The molecule has 3 aromatic carbocycles. The number of carbonyl (C=O) groups excluding carboxylic acids is 1. The quantitative estimate of drug-likeness (QED) is 0.394. The third-order valence-electron chi connectivity index (χ3n) is 5.20. The maximum atomic E-state index is 13.4. The molecule has 5 nitrogen and oxygen atoms in total. The van der Waals surface area contributed by atoms with Crippen LogP contribution in [0.5, 0.6) is 0 Å². The van der Waals surface area contributed by atoms with E-state index < -0.39 is 16.1 Å². The van der Waals surface area contributed by atoms with E-state index in [0.29, 0.717) is 11.3 Å². The van der Waals surface area contributed by atoms with Gasteiger partial charge in [0.2, 0.25) is 0 Å². The van der Waals surface area contributed by atoms with E-state index in [2.05, 4.69) is 5.32 Å². The van der Waals surface area contributed by atoms with E-state index in [-0.39, 0.29) is 16.6 Å². The molecule has 0 aliphatic rings. The third kappa shape index (κ3) is 4.97. The van der Waals surface area contributed by atoms with Crippen LogP contribution >= 0.6 is 11.3 Å². The highest BCUT2D eigenvalue weighted by molar-refractivity contribution is 7.92. The lowest BCUT2D eigenvalue weighted by molar-refractivity contribution is 0.0943. The highest BCUT2D eigenvalue weighted by atomic mass is 32.2. The molecule has 8 heteroatoms. The number of para-hydroxylation sites is 1. The summed E-state index contributed by atoms with van der Waals surface area (Å²) in [6, 6.07) is 23.9. The van der Waals surface area contributed by atoms with Gasteiger partial charge < -0.3 is 5.32 Å². The highest BCUT2D eigenvalue weighted by Gasteiger charge is 2.23. The summed E-state index contributed by atoms with van der Waals surface area (Å²) in [6.45, 7) is 0. The Morgan fingerprint density at radius 1 is 0.909 bits per heavy atom. The summed E-state index contributed by atoms with van der Waals surface area (Å²) < 4.78 is 40.5. The molecule has 1 atom stereocenters. The van der Waals surface area contributed by atoms with Crippen LogP contribution in [0.2, 0.25) is 0 Å². The number of hydrogen-bond acceptors (Lipinski definition) is 4. The smallest absolute Gasteiger partial charge is 0.264 e. The molecular weight excluding hydrogens is 459 g/mol. The second-order valence-electron chi connectivity index (χ2n) is 7.31. The van der Waals surface area contributed by atoms with E-state index in [9.17, 15) is 17.6 Å². The Morgan fingerprint density at radius 3 is 2.18 bits per heavy atom. The molecule has 0 saturated heterocycles. The molecule has 33 heavy (non-hydrogen) atoms. The maximum Gasteiger partial charge on any atom is 0.264 e. The highest BCUT2D eigenvalue weighted by Crippen LogP contribution is 2.27. The summed E-state index contributed by atoms with van der Waals surface area (Å²) in [7, 11) is -2.29. The van der Waals surface area contributed by atoms with Gasteiger partial charge in [0.25, 0.3) is 15.9 Å². The standard InChI is InChI=1S/C25H21FN2O3S2/c1-28(21-6-3-2-4-7-21)33(30,31)22-15-11-19(12-16-22)25(29)27-24(23-8-5-17-32-23)18-9-13-20(26)14-10-18/h2-17,24H,1H3,(H,27,29). The van der Waals surface area contributed by atoms with Gasteiger partial charge in [-0.05, 0) is 65.5 Å². The molecule has 0 aliphatic heterocycles. The number of nitrogens with zero attached hydrogens (tertiary/aromatic N) is 1. The molecule has 0 spiro atoms. The Labute approximate surface area is 196 Å². The molecule has 1 N–H and O–H groups in total. The number of carbonyl (C=O) groups is 1. The molecule has 4 rings (SSSR count). The SMILES string of the molecule is CN(c1ccccc1)S(=O)(=O)c1ccc(C(=O)NC(c2ccc(F)cc2)c2cccs2)cc1. The Balaban J connectivity index is 1.55. The number of sulfonamides is 1. The van der Waals surface area contributed by atoms with Gasteiger partial charge in [0.05, 0.1) is 16.6 Å². The topological polar surface area (TPSA) is 66.5 Å². The molecule has 0 radical (unpaired) electrons. The number of hydrogen-bond donors (Lipinski definition) is 1. The second-order valence-corrected chi connectivity index (χ2v) is 10.3. The largest absolute Gasteiger partial charge is 0.340 e. The van der Waals surface area contributed by atoms with Crippen LogP contribution in [0.1, 0.15) is 26.8 Å². The fraction of sp³-hybridized carbons (Fsp3) is 0.0800. The first-order valence-electron chi connectivity index (χ1n) is 10.1. The zero-order valence-electron chi connectivity index (χ0n) is 17.7. The first kappa shape index (κ1) is 22.7. The van der Waals surface area contributed by atoms with Gasteiger partial charge in [-0.25, -0.2) is 12.8 Å². The maximum absolute atomic E-state index is 13.4. The molecule has 4 aromatic rings. The van der Waals surface area contributed by atoms with Crippen LogP contribution in [0.4, 0.5) is 10.1 Å². The summed E-state index contributed by atoms with van der Waals surface area (Å²) in [4.78, 5) is 14.0. The molecule has 168 valence electrons. The monoisotopic (exact) mass is 480 g/mol. The Hall–Kier alpha value is -3.49. The van der Waals surface area contributed by atoms with E-state index in [1.807, 2.05) is 23.6 Å². The van der Waals surface area contributed by atoms with Crippen LogP contribution in [0.3, 0.4) is 0 Å². The number of thiophene rings is 1. The molecule has 0 aliphatic carbocycles. The lowest BCUT2D eigenvalue weighted by atomic mass is 10.0. The Bertz CT molecular complexity index is 1320. The number of amides is 1. The van der Waals surface area contributed by atoms with Crippen LogP contribution in [-0.4, -0.2) is 21.4 Å². The van der Waals surface area contributed by atoms with Crippen LogP contribution in [0, 0.1) is 5.82 Å². The first-order valence-corrected chi connectivity index (χ1v) is 12.4. The normalized spacial score (nSPS) is 12.2. The Kier molecular flexibility index (Phi) is 6.57. The van der Waals surface area contributed by atoms with E-state index >= 15 is 0 Å². The van der Waals surface area contributed by atoms with E-state index in [1.54, 1.807) is 36.4 Å². The minimum atomic E-state index is -3.77. The zero-order chi connectivity index (χ0) is 23.4. The van der Waals surface area contributed by atoms with Gasteiger partial charge in [0.1, 0.15) is 5.82 Å². The van der Waals surface area contributed by atoms with Crippen molar-refractivity contribution in [3.05, 3.63) is 118 Å². The van der Waals surface area contributed by atoms with Gasteiger partial charge >= 0.3 is 0 Å². The number of benzene rings is 3. The van der Waals surface area contributed by atoms with Gasteiger partial charge in [0.15, 0.2) is 0 Å². The fourth-order valence-corrected chi connectivity index (χ4v) is 5.36. The van der Waals surface area contributed by atoms with Crippen molar-refractivity contribution in [1.82, 2.24) is 5.32 Å². The van der Waals surface area contributed by atoms with E-state index in [1.165, 1.54) is 59.1 Å². The molecule has 1 aromatic heterocycles. The molecule has 1 amide bonds. The van der Waals surface area contributed by atoms with Crippen LogP contribution in [0.15, 0.2) is 101 Å². The average molecular weight is 481 g/mol. The van der Waals surface area contributed by atoms with Gasteiger partial charge in [-0.1, -0.05) is 36.4 Å². The average Bonchev–Trinajstić information content (AvgIpc) is 3.38. The number of nitrogens with one attached hydrogen (secondary N) is 1. The molecule has 0 bridgehead atoms. The van der Waals surface area contributed by atoms with Crippen molar-refractivity contribution < 1.29 is 17.6 Å². The minimum absolute atomic E-state index is 0.0822. The van der Waals surface area contributed by atoms with Crippen molar-refractivity contribution in [3.63, 3.8) is 0 Å². The van der Waals surface area contributed by atoms with Crippen molar-refractivity contribution in [1.29, 1.82) is 0 Å². The molecule has 1 heterocycles. The van der Waals surface area contributed by atoms with Crippen molar-refractivity contribution >= 4 is 33.0 Å². The summed E-state index contributed by atoms with van der Waals surface area (Å²) in [5.41, 5.74) is 1.60. The lowest BCUT2D eigenvalue weighted by Crippen LogP contribution is -2.29. The van der Waals surface area contributed by atoms with Crippen LogP contribution in [-0.2, 0) is 10.0 Å². The predicted molar refractivity (Wildman–Crippen MR) is 129 cm³/mol. The molecule has 0 saturated carbocycles. The minimum Gasteiger partial charge on any atom is -0.340 e. The summed E-state index contributed by atoms with van der Waals surface area (Å²) in [5, 5.41) is 4.87. The van der Waals surface area contributed by atoms with Gasteiger partial charge in [0, 0.05) is 17.5 Å². The molecule has 1 unspecified atom stereocenters. The van der Waals surface area contributed by atoms with Gasteiger partial charge in [-0.15, -0.1) is 11.3 Å². The van der Waals surface area contributed by atoms with Crippen LogP contribution in [0.25, 0.3) is 0 Å². The number of anilines is 1. The van der Waals surface area contributed by atoms with E-state index in [4.69, 9.17) is 0 Å². The van der Waals surface area contributed by atoms with E-state index in [0.717, 1.165) is 10.4 Å². The fourth-order valence-electron chi connectivity index (χ4n) is 3.36. The molecular formula is C25H21FN2O3S2. The second kappa shape index (κ2) is 9.56. The van der Waals surface area contributed by atoms with Crippen molar-refractivity contribution in [2.45, 2.75) is 10.9 Å². The van der Waals surface area contributed by atoms with Gasteiger partial charge in [-0.3, -0.25) is 9.10 Å². The lowest BCUT2D eigenvalue weighted by Gasteiger charge is -2.20. The Morgan fingerprint density at radius 2 is 1.58 bits per heavy atom. The van der Waals surface area contributed by atoms with Gasteiger partial charge in [-0.2, -0.15) is 0 Å². The summed E-state index contributed by atoms with van der Waals surface area (Å²) in [5.74, 6) is -0.717. The summed E-state index contributed by atoms with van der Waals surface area (Å²) in [6.07, 6.45) is 0. The van der Waals surface area contributed by atoms with Crippen molar-refractivity contribution in [2.75, 3.05) is 11.4 Å². The molecule has 0 fully saturated rings. The third-order valence-corrected chi connectivity index (χ3v) is 7.94. The number of halogens is 1. The van der Waals surface area contributed by atoms with Crippen LogP contribution < -0.4 is 9.62 Å².